The highest BCUT2D eigenvalue weighted by Gasteiger charge is 2.10. The number of aryl methyl sites for hydroxylation is 1. The fraction of sp³-hybridized carbons (Fsp3) is 0.250. The maximum atomic E-state index is 4.39. The second-order valence-corrected chi connectivity index (χ2v) is 5.11. The van der Waals surface area contributed by atoms with Crippen molar-refractivity contribution in [3.63, 3.8) is 0 Å². The predicted octanol–water partition coefficient (Wildman–Crippen LogP) is 2.41. The average Bonchev–Trinajstić information content (AvgIpc) is 3.00. The zero-order valence-electron chi connectivity index (χ0n) is 10.2. The molecule has 0 aliphatic carbocycles. The van der Waals surface area contributed by atoms with Gasteiger partial charge in [-0.1, -0.05) is 6.07 Å². The van der Waals surface area contributed by atoms with E-state index in [2.05, 4.69) is 37.9 Å². The molecule has 92 valence electrons. The maximum absolute atomic E-state index is 4.39. The predicted molar refractivity (Wildman–Crippen MR) is 71.9 cm³/mol. The van der Waals surface area contributed by atoms with Gasteiger partial charge in [-0.05, 0) is 25.3 Å². The van der Waals surface area contributed by atoms with Crippen molar-refractivity contribution in [2.45, 2.75) is 20.4 Å². The van der Waals surface area contributed by atoms with E-state index in [4.69, 9.17) is 0 Å². The minimum Gasteiger partial charge on any atom is -0.365 e. The summed E-state index contributed by atoms with van der Waals surface area (Å²) in [5.41, 5.74) is 2.08. The highest BCUT2D eigenvalue weighted by molar-refractivity contribution is 7.09. The molecule has 0 bridgehead atoms. The second-order valence-electron chi connectivity index (χ2n) is 4.08. The fourth-order valence-corrected chi connectivity index (χ4v) is 2.47. The molecule has 0 radical (unpaired) electrons. The van der Waals surface area contributed by atoms with Crippen LogP contribution in [0.15, 0.2) is 23.8 Å². The molecule has 0 unspecified atom stereocenters. The van der Waals surface area contributed by atoms with E-state index < -0.39 is 0 Å². The van der Waals surface area contributed by atoms with Crippen LogP contribution in [0.1, 0.15) is 16.1 Å². The molecule has 0 aliphatic heterocycles. The lowest BCUT2D eigenvalue weighted by molar-refractivity contribution is 0.905. The molecule has 3 heterocycles. The van der Waals surface area contributed by atoms with Gasteiger partial charge in [0.05, 0.1) is 6.54 Å². The number of thiophene rings is 1. The van der Waals surface area contributed by atoms with Crippen molar-refractivity contribution in [2.24, 2.45) is 0 Å². The van der Waals surface area contributed by atoms with Crippen LogP contribution in [0.3, 0.4) is 0 Å². The number of nitrogens with zero attached hydrogens (tertiary/aromatic N) is 4. The van der Waals surface area contributed by atoms with Crippen molar-refractivity contribution >= 4 is 22.9 Å². The standard InChI is InChI=1S/C12H13N5S/c1-8-9(2)16-12-14-7-15-17(12)11(8)13-6-10-4-3-5-18-10/h3-5,7,13H,6H2,1-2H3. The number of hydrogen-bond donors (Lipinski definition) is 1. The fourth-order valence-electron chi connectivity index (χ4n) is 1.82. The quantitative estimate of drug-likeness (QED) is 0.784. The van der Waals surface area contributed by atoms with Crippen LogP contribution in [0.2, 0.25) is 0 Å². The molecular weight excluding hydrogens is 246 g/mol. The van der Waals surface area contributed by atoms with Crippen LogP contribution < -0.4 is 5.32 Å². The number of nitrogens with one attached hydrogen (secondary N) is 1. The van der Waals surface area contributed by atoms with E-state index in [0.717, 1.165) is 23.6 Å². The summed E-state index contributed by atoms with van der Waals surface area (Å²) >= 11 is 1.74. The van der Waals surface area contributed by atoms with E-state index in [1.807, 2.05) is 13.8 Å². The van der Waals surface area contributed by atoms with Crippen molar-refractivity contribution in [1.29, 1.82) is 0 Å². The Bertz CT molecular complexity index is 671. The first-order valence-corrected chi connectivity index (χ1v) is 6.57. The minimum atomic E-state index is 0.631. The molecule has 0 aromatic carbocycles. The SMILES string of the molecule is Cc1nc2ncnn2c(NCc2cccs2)c1C. The number of aromatic nitrogens is 4. The molecule has 3 aromatic heterocycles. The van der Waals surface area contributed by atoms with Crippen LogP contribution in [0, 0.1) is 13.8 Å². The average molecular weight is 259 g/mol. The molecule has 0 spiro atoms. The third-order valence-corrected chi connectivity index (χ3v) is 3.79. The summed E-state index contributed by atoms with van der Waals surface area (Å²) in [4.78, 5) is 9.81. The lowest BCUT2D eigenvalue weighted by Crippen LogP contribution is -2.09. The van der Waals surface area contributed by atoms with Gasteiger partial charge in [0.15, 0.2) is 0 Å². The Kier molecular flexibility index (Phi) is 2.71. The van der Waals surface area contributed by atoms with E-state index in [1.165, 1.54) is 11.2 Å². The van der Waals surface area contributed by atoms with Crippen LogP contribution >= 0.6 is 11.3 Å². The molecule has 0 fully saturated rings. The van der Waals surface area contributed by atoms with Crippen LogP contribution in [-0.2, 0) is 6.54 Å². The molecule has 5 nitrogen and oxygen atoms in total. The largest absolute Gasteiger partial charge is 0.365 e. The van der Waals surface area contributed by atoms with Gasteiger partial charge in [0, 0.05) is 16.1 Å². The summed E-state index contributed by atoms with van der Waals surface area (Å²) in [6.07, 6.45) is 1.53. The summed E-state index contributed by atoms with van der Waals surface area (Å²) in [5, 5.41) is 9.70. The third-order valence-electron chi connectivity index (χ3n) is 2.92. The van der Waals surface area contributed by atoms with Crippen LogP contribution in [-0.4, -0.2) is 19.6 Å². The third kappa shape index (κ3) is 1.84. The lowest BCUT2D eigenvalue weighted by Gasteiger charge is -2.11. The van der Waals surface area contributed by atoms with Gasteiger partial charge >= 0.3 is 0 Å². The highest BCUT2D eigenvalue weighted by Crippen LogP contribution is 2.19. The molecule has 0 amide bonds. The summed E-state index contributed by atoms with van der Waals surface area (Å²) < 4.78 is 1.75. The summed E-state index contributed by atoms with van der Waals surface area (Å²) in [6, 6.07) is 4.16. The van der Waals surface area contributed by atoms with Crippen molar-refractivity contribution in [2.75, 3.05) is 5.32 Å². The van der Waals surface area contributed by atoms with Gasteiger partial charge in [0.1, 0.15) is 12.1 Å². The lowest BCUT2D eigenvalue weighted by atomic mass is 10.2. The van der Waals surface area contributed by atoms with Gasteiger partial charge in [0.2, 0.25) is 0 Å². The topological polar surface area (TPSA) is 55.1 Å². The molecule has 3 rings (SSSR count). The Morgan fingerprint density at radius 1 is 1.39 bits per heavy atom. The summed E-state index contributed by atoms with van der Waals surface area (Å²) in [5.74, 6) is 1.59. The molecule has 6 heteroatoms. The van der Waals surface area contributed by atoms with E-state index in [9.17, 15) is 0 Å². The van der Waals surface area contributed by atoms with Crippen LogP contribution in [0.4, 0.5) is 5.82 Å². The molecule has 0 saturated carbocycles. The first-order chi connectivity index (χ1) is 8.75. The van der Waals surface area contributed by atoms with E-state index >= 15 is 0 Å². The molecule has 1 N–H and O–H groups in total. The Hall–Kier alpha value is -1.95. The number of anilines is 1. The summed E-state index contributed by atoms with van der Waals surface area (Å²) in [7, 11) is 0. The van der Waals surface area contributed by atoms with Crippen molar-refractivity contribution < 1.29 is 0 Å². The van der Waals surface area contributed by atoms with Gasteiger partial charge in [-0.15, -0.1) is 11.3 Å². The molecular formula is C12H13N5S. The van der Waals surface area contributed by atoms with Crippen molar-refractivity contribution in [3.8, 4) is 0 Å². The summed E-state index contributed by atoms with van der Waals surface area (Å²) in [6.45, 7) is 4.82. The Morgan fingerprint density at radius 2 is 2.28 bits per heavy atom. The van der Waals surface area contributed by atoms with Gasteiger partial charge in [-0.2, -0.15) is 14.6 Å². The molecule has 3 aromatic rings. The Labute approximate surface area is 109 Å². The second kappa shape index (κ2) is 4.38. The zero-order chi connectivity index (χ0) is 12.5. The normalized spacial score (nSPS) is 11.0. The molecule has 0 atom stereocenters. The van der Waals surface area contributed by atoms with E-state index in [-0.39, 0.29) is 0 Å². The Morgan fingerprint density at radius 3 is 3.06 bits per heavy atom. The number of rotatable bonds is 3. The van der Waals surface area contributed by atoms with E-state index in [0.29, 0.717) is 5.78 Å². The van der Waals surface area contributed by atoms with Crippen LogP contribution in [0.25, 0.3) is 5.78 Å². The molecule has 0 saturated heterocycles. The van der Waals surface area contributed by atoms with Gasteiger partial charge in [-0.3, -0.25) is 0 Å². The first-order valence-electron chi connectivity index (χ1n) is 5.69. The monoisotopic (exact) mass is 259 g/mol. The molecule has 18 heavy (non-hydrogen) atoms. The number of hydrogen-bond acceptors (Lipinski definition) is 5. The van der Waals surface area contributed by atoms with Crippen molar-refractivity contribution in [3.05, 3.63) is 40.0 Å². The van der Waals surface area contributed by atoms with Gasteiger partial charge in [0.25, 0.3) is 5.78 Å². The smallest absolute Gasteiger partial charge is 0.254 e. The highest BCUT2D eigenvalue weighted by atomic mass is 32.1. The maximum Gasteiger partial charge on any atom is 0.254 e. The number of fused-ring (bicyclic) bond motifs is 1. The molecule has 0 aliphatic rings. The zero-order valence-corrected chi connectivity index (χ0v) is 11.0. The Balaban J connectivity index is 1.99. The van der Waals surface area contributed by atoms with Gasteiger partial charge < -0.3 is 5.32 Å². The first kappa shape index (κ1) is 11.2. The van der Waals surface area contributed by atoms with Crippen LogP contribution in [0.5, 0.6) is 0 Å². The van der Waals surface area contributed by atoms with E-state index in [1.54, 1.807) is 15.9 Å². The van der Waals surface area contributed by atoms with Gasteiger partial charge in [-0.25, -0.2) is 4.98 Å². The van der Waals surface area contributed by atoms with Crippen molar-refractivity contribution in [1.82, 2.24) is 19.6 Å². The minimum absolute atomic E-state index is 0.631.